The van der Waals surface area contributed by atoms with Crippen molar-refractivity contribution in [1.29, 1.82) is 0 Å². The van der Waals surface area contributed by atoms with Gasteiger partial charge in [-0.05, 0) is 65.8 Å². The van der Waals surface area contributed by atoms with Crippen LogP contribution in [0, 0.1) is 0 Å². The zero-order chi connectivity index (χ0) is 32.1. The number of phenolic OH excluding ortho intramolecular Hbond substituents is 2. The lowest BCUT2D eigenvalue weighted by Crippen LogP contribution is -2.58. The minimum Gasteiger partial charge on any atom is -0.508 e. The summed E-state index contributed by atoms with van der Waals surface area (Å²) in [4.78, 5) is 52.0. The molecule has 3 aromatic rings. The van der Waals surface area contributed by atoms with Crippen molar-refractivity contribution >= 4 is 35.5 Å². The summed E-state index contributed by atoms with van der Waals surface area (Å²) < 4.78 is 0. The molecule has 3 aromatic carbocycles. The molecule has 3 amide bonds. The summed E-state index contributed by atoms with van der Waals surface area (Å²) in [6.45, 7) is 0. The smallest absolute Gasteiger partial charge is 0.326 e. The molecule has 0 fully saturated rings. The zero-order valence-electron chi connectivity index (χ0n) is 24.3. The van der Waals surface area contributed by atoms with Crippen molar-refractivity contribution in [2.45, 2.75) is 49.9 Å². The van der Waals surface area contributed by atoms with Gasteiger partial charge in [-0.3, -0.25) is 14.4 Å². The highest BCUT2D eigenvalue weighted by Gasteiger charge is 2.30. The van der Waals surface area contributed by atoms with Crippen LogP contribution >= 0.6 is 11.8 Å². The first kappa shape index (κ1) is 33.9. The van der Waals surface area contributed by atoms with Gasteiger partial charge in [0.25, 0.3) is 0 Å². The van der Waals surface area contributed by atoms with Gasteiger partial charge in [-0.15, -0.1) is 0 Å². The molecule has 0 saturated heterocycles. The van der Waals surface area contributed by atoms with E-state index in [1.54, 1.807) is 54.6 Å². The number of nitrogens with one attached hydrogen (secondary N) is 3. The highest BCUT2D eigenvalue weighted by atomic mass is 32.2. The molecule has 0 heterocycles. The maximum atomic E-state index is 13.6. The topological polar surface area (TPSA) is 191 Å². The summed E-state index contributed by atoms with van der Waals surface area (Å²) in [6.07, 6.45) is 2.30. The van der Waals surface area contributed by atoms with Gasteiger partial charge in [0.2, 0.25) is 17.7 Å². The van der Waals surface area contributed by atoms with E-state index in [0.29, 0.717) is 16.9 Å². The minimum absolute atomic E-state index is 0.0341. The quantitative estimate of drug-likeness (QED) is 0.125. The molecule has 8 N–H and O–H groups in total. The van der Waals surface area contributed by atoms with E-state index < -0.39 is 47.9 Å². The Labute approximate surface area is 260 Å². The van der Waals surface area contributed by atoms with Gasteiger partial charge in [0.15, 0.2) is 0 Å². The summed E-state index contributed by atoms with van der Waals surface area (Å²) in [6, 6.07) is 16.8. The fourth-order valence-corrected chi connectivity index (χ4v) is 4.90. The summed E-state index contributed by atoms with van der Waals surface area (Å²) in [5, 5.41) is 36.9. The molecule has 0 radical (unpaired) electrons. The molecule has 4 unspecified atom stereocenters. The second-order valence-electron chi connectivity index (χ2n) is 10.3. The van der Waals surface area contributed by atoms with Gasteiger partial charge in [-0.2, -0.15) is 11.8 Å². The molecule has 11 nitrogen and oxygen atoms in total. The molecule has 0 aliphatic rings. The number of aliphatic carboxylic acids is 1. The summed E-state index contributed by atoms with van der Waals surface area (Å²) in [5.41, 5.74) is 8.22. The van der Waals surface area contributed by atoms with Gasteiger partial charge in [-0.1, -0.05) is 54.6 Å². The average molecular weight is 623 g/mol. The van der Waals surface area contributed by atoms with E-state index in [0.717, 1.165) is 5.56 Å². The normalized spacial score (nSPS) is 13.6. The van der Waals surface area contributed by atoms with Crippen LogP contribution in [0.15, 0.2) is 78.9 Å². The molecule has 0 bridgehead atoms. The SMILES string of the molecule is CSCCC(NC(=O)C(Cc1ccc(O)cc1)NC(=O)C(N)Cc1ccc(O)cc1)C(=O)NC(Cc1ccccc1)C(=O)O. The molecule has 0 aromatic heterocycles. The number of nitrogens with two attached hydrogens (primary N) is 1. The number of benzene rings is 3. The highest BCUT2D eigenvalue weighted by Crippen LogP contribution is 2.14. The Balaban J connectivity index is 1.76. The van der Waals surface area contributed by atoms with Crippen molar-refractivity contribution in [1.82, 2.24) is 16.0 Å². The van der Waals surface area contributed by atoms with Crippen molar-refractivity contribution in [2.24, 2.45) is 5.73 Å². The molecule has 0 aliphatic heterocycles. The lowest BCUT2D eigenvalue weighted by molar-refractivity contribution is -0.142. The van der Waals surface area contributed by atoms with Crippen LogP contribution in [0.2, 0.25) is 0 Å². The number of phenols is 2. The number of carboxylic acid groups (broad SMARTS) is 1. The number of hydrogen-bond donors (Lipinski definition) is 7. The number of carboxylic acids is 1. The number of rotatable bonds is 16. The largest absolute Gasteiger partial charge is 0.508 e. The van der Waals surface area contributed by atoms with Gasteiger partial charge >= 0.3 is 5.97 Å². The van der Waals surface area contributed by atoms with E-state index in [1.807, 2.05) is 6.26 Å². The van der Waals surface area contributed by atoms with Crippen molar-refractivity contribution < 1.29 is 34.5 Å². The summed E-state index contributed by atoms with van der Waals surface area (Å²) >= 11 is 1.46. The third-order valence-electron chi connectivity index (χ3n) is 6.88. The maximum Gasteiger partial charge on any atom is 0.326 e. The monoisotopic (exact) mass is 622 g/mol. The molecule has 0 spiro atoms. The van der Waals surface area contributed by atoms with E-state index in [2.05, 4.69) is 16.0 Å². The predicted molar refractivity (Wildman–Crippen MR) is 168 cm³/mol. The molecular weight excluding hydrogens is 584 g/mol. The lowest BCUT2D eigenvalue weighted by atomic mass is 10.0. The van der Waals surface area contributed by atoms with Crippen molar-refractivity contribution in [3.05, 3.63) is 95.6 Å². The van der Waals surface area contributed by atoms with Crippen molar-refractivity contribution in [3.63, 3.8) is 0 Å². The lowest BCUT2D eigenvalue weighted by Gasteiger charge is -2.25. The van der Waals surface area contributed by atoms with E-state index in [9.17, 15) is 34.5 Å². The van der Waals surface area contributed by atoms with Crippen LogP contribution < -0.4 is 21.7 Å². The number of aromatic hydroxyl groups is 2. The Kier molecular flexibility index (Phi) is 13.1. The molecule has 44 heavy (non-hydrogen) atoms. The van der Waals surface area contributed by atoms with Gasteiger partial charge in [-0.25, -0.2) is 4.79 Å². The Morgan fingerprint density at radius 3 is 1.66 bits per heavy atom. The Morgan fingerprint density at radius 1 is 0.659 bits per heavy atom. The third kappa shape index (κ3) is 10.9. The number of amides is 3. The van der Waals surface area contributed by atoms with Gasteiger partial charge in [0.05, 0.1) is 6.04 Å². The molecule has 4 atom stereocenters. The van der Waals surface area contributed by atoms with Gasteiger partial charge in [0, 0.05) is 12.8 Å². The van der Waals surface area contributed by atoms with Crippen molar-refractivity contribution in [3.8, 4) is 11.5 Å². The first-order valence-electron chi connectivity index (χ1n) is 14.0. The summed E-state index contributed by atoms with van der Waals surface area (Å²) in [7, 11) is 0. The van der Waals surface area contributed by atoms with Crippen LogP contribution in [0.3, 0.4) is 0 Å². The van der Waals surface area contributed by atoms with Gasteiger partial charge < -0.3 is 37.0 Å². The Bertz CT molecular complexity index is 1390. The van der Waals surface area contributed by atoms with Crippen LogP contribution in [0.4, 0.5) is 0 Å². The summed E-state index contributed by atoms with van der Waals surface area (Å²) in [5.74, 6) is -2.51. The van der Waals surface area contributed by atoms with E-state index >= 15 is 0 Å². The number of carbonyl (C=O) groups excluding carboxylic acids is 3. The third-order valence-corrected chi connectivity index (χ3v) is 7.52. The molecular formula is C32H38N4O7S. The Morgan fingerprint density at radius 2 is 1.11 bits per heavy atom. The number of thioether (sulfide) groups is 1. The van der Waals surface area contributed by atoms with Crippen LogP contribution in [0.1, 0.15) is 23.1 Å². The number of carbonyl (C=O) groups is 4. The van der Waals surface area contributed by atoms with E-state index in [-0.39, 0.29) is 37.2 Å². The minimum atomic E-state index is -1.22. The highest BCUT2D eigenvalue weighted by molar-refractivity contribution is 7.98. The maximum absolute atomic E-state index is 13.6. The fraction of sp³-hybridized carbons (Fsp3) is 0.312. The first-order valence-corrected chi connectivity index (χ1v) is 15.4. The Hall–Kier alpha value is -4.55. The average Bonchev–Trinajstić information content (AvgIpc) is 3.00. The standard InChI is InChI=1S/C32H38N4O7S/c1-44-16-15-26(30(40)36-28(32(42)43)19-20-5-3-2-4-6-20)34-31(41)27(18-22-9-13-24(38)14-10-22)35-29(39)25(33)17-21-7-11-23(37)12-8-21/h2-14,25-28,37-38H,15-19,33H2,1H3,(H,34,41)(H,35,39)(H,36,40)(H,42,43). The van der Waals surface area contributed by atoms with Crippen LogP contribution in [-0.4, -0.2) is 75.2 Å². The molecule has 234 valence electrons. The number of hydrogen-bond acceptors (Lipinski definition) is 8. The van der Waals surface area contributed by atoms with Crippen LogP contribution in [0.5, 0.6) is 11.5 Å². The second kappa shape index (κ2) is 16.9. The first-order chi connectivity index (χ1) is 21.0. The van der Waals surface area contributed by atoms with Gasteiger partial charge in [0.1, 0.15) is 29.6 Å². The fourth-order valence-electron chi connectivity index (χ4n) is 4.43. The second-order valence-corrected chi connectivity index (χ2v) is 11.3. The van der Waals surface area contributed by atoms with E-state index in [4.69, 9.17) is 5.73 Å². The van der Waals surface area contributed by atoms with Crippen LogP contribution in [0.25, 0.3) is 0 Å². The zero-order valence-corrected chi connectivity index (χ0v) is 25.1. The van der Waals surface area contributed by atoms with Crippen LogP contribution in [-0.2, 0) is 38.4 Å². The molecule has 0 aliphatic carbocycles. The van der Waals surface area contributed by atoms with E-state index in [1.165, 1.54) is 36.0 Å². The molecule has 3 rings (SSSR count). The van der Waals surface area contributed by atoms with Crippen molar-refractivity contribution in [2.75, 3.05) is 12.0 Å². The predicted octanol–water partition coefficient (Wildman–Crippen LogP) is 1.75. The molecule has 0 saturated carbocycles. The molecule has 12 heteroatoms.